The molecule has 2 nitrogen and oxygen atoms in total. The summed E-state index contributed by atoms with van der Waals surface area (Å²) in [6, 6.07) is 8.99. The van der Waals surface area contributed by atoms with Gasteiger partial charge in [0.25, 0.3) is 0 Å². The summed E-state index contributed by atoms with van der Waals surface area (Å²) >= 11 is 0. The molecule has 0 aromatic heterocycles. The van der Waals surface area contributed by atoms with Crippen LogP contribution >= 0.6 is 0 Å². The van der Waals surface area contributed by atoms with Crippen molar-refractivity contribution in [2.45, 2.75) is 0 Å². The molecule has 0 aliphatic heterocycles. The predicted molar refractivity (Wildman–Crippen MR) is 50.4 cm³/mol. The normalized spacial score (nSPS) is 9.15. The van der Waals surface area contributed by atoms with E-state index in [1.165, 1.54) is 0 Å². The molecule has 0 N–H and O–H groups in total. The van der Waals surface area contributed by atoms with Gasteiger partial charge in [-0.15, -0.1) is 6.42 Å². The lowest BCUT2D eigenvalue weighted by Crippen LogP contribution is -2.08. The molecule has 0 amide bonds. The second kappa shape index (κ2) is 5.13. The SMILES string of the molecule is C#CCOCC(=O)c1ccccc1. The summed E-state index contributed by atoms with van der Waals surface area (Å²) < 4.78 is 4.91. The first-order chi connectivity index (χ1) is 6.34. The van der Waals surface area contributed by atoms with Crippen molar-refractivity contribution < 1.29 is 9.53 Å². The molecule has 0 aliphatic carbocycles. The Kier molecular flexibility index (Phi) is 3.74. The van der Waals surface area contributed by atoms with Crippen molar-refractivity contribution in [3.8, 4) is 12.3 Å². The number of ketones is 1. The number of carbonyl (C=O) groups excluding carboxylic acids is 1. The van der Waals surface area contributed by atoms with E-state index in [0.29, 0.717) is 5.56 Å². The zero-order valence-electron chi connectivity index (χ0n) is 7.19. The van der Waals surface area contributed by atoms with Gasteiger partial charge in [-0.1, -0.05) is 36.3 Å². The van der Waals surface area contributed by atoms with Gasteiger partial charge < -0.3 is 4.74 Å². The van der Waals surface area contributed by atoms with Gasteiger partial charge in [0.15, 0.2) is 5.78 Å². The van der Waals surface area contributed by atoms with Crippen molar-refractivity contribution in [3.63, 3.8) is 0 Å². The lowest BCUT2D eigenvalue weighted by molar-refractivity contribution is 0.0812. The van der Waals surface area contributed by atoms with Crippen molar-refractivity contribution in [1.82, 2.24) is 0 Å². The molecule has 0 aliphatic rings. The fourth-order valence-electron chi connectivity index (χ4n) is 0.910. The van der Waals surface area contributed by atoms with Crippen LogP contribution in [0.5, 0.6) is 0 Å². The van der Waals surface area contributed by atoms with Crippen molar-refractivity contribution in [1.29, 1.82) is 0 Å². The Morgan fingerprint density at radius 1 is 1.38 bits per heavy atom. The Morgan fingerprint density at radius 3 is 2.69 bits per heavy atom. The molecular formula is C11H10O2. The maximum absolute atomic E-state index is 11.3. The maximum atomic E-state index is 11.3. The van der Waals surface area contributed by atoms with E-state index in [4.69, 9.17) is 11.2 Å². The quantitative estimate of drug-likeness (QED) is 0.393. The Balaban J connectivity index is 2.46. The second-order valence-corrected chi connectivity index (χ2v) is 2.49. The first kappa shape index (κ1) is 9.50. The van der Waals surface area contributed by atoms with E-state index in [9.17, 15) is 4.79 Å². The molecule has 0 spiro atoms. The lowest BCUT2D eigenvalue weighted by Gasteiger charge is -1.99. The third-order valence-electron chi connectivity index (χ3n) is 1.51. The minimum atomic E-state index is -0.0455. The number of carbonyl (C=O) groups is 1. The number of Topliss-reactive ketones (excluding diaryl/α,β-unsaturated/α-hetero) is 1. The lowest BCUT2D eigenvalue weighted by atomic mass is 10.1. The van der Waals surface area contributed by atoms with Gasteiger partial charge in [0.2, 0.25) is 0 Å². The molecule has 0 heterocycles. The zero-order valence-corrected chi connectivity index (χ0v) is 7.19. The molecule has 0 saturated heterocycles. The summed E-state index contributed by atoms with van der Waals surface area (Å²) in [4.78, 5) is 11.3. The van der Waals surface area contributed by atoms with Crippen LogP contribution in [-0.2, 0) is 4.74 Å². The van der Waals surface area contributed by atoms with Gasteiger partial charge >= 0.3 is 0 Å². The summed E-state index contributed by atoms with van der Waals surface area (Å²) in [5.41, 5.74) is 0.652. The monoisotopic (exact) mass is 174 g/mol. The van der Waals surface area contributed by atoms with E-state index in [1.807, 2.05) is 18.2 Å². The molecule has 1 aromatic rings. The van der Waals surface area contributed by atoms with Crippen molar-refractivity contribution >= 4 is 5.78 Å². The molecule has 2 heteroatoms. The smallest absolute Gasteiger partial charge is 0.188 e. The molecule has 0 saturated carbocycles. The highest BCUT2D eigenvalue weighted by molar-refractivity contribution is 5.96. The molecule has 0 bridgehead atoms. The van der Waals surface area contributed by atoms with Crippen LogP contribution in [0.25, 0.3) is 0 Å². The zero-order chi connectivity index (χ0) is 9.52. The van der Waals surface area contributed by atoms with E-state index < -0.39 is 0 Å². The summed E-state index contributed by atoms with van der Waals surface area (Å²) in [6.07, 6.45) is 4.97. The molecule has 1 rings (SSSR count). The number of ether oxygens (including phenoxy) is 1. The van der Waals surface area contributed by atoms with Crippen LogP contribution in [0, 0.1) is 12.3 Å². The largest absolute Gasteiger partial charge is 0.361 e. The van der Waals surface area contributed by atoms with Crippen LogP contribution < -0.4 is 0 Å². The number of hydrogen-bond acceptors (Lipinski definition) is 2. The Hall–Kier alpha value is -1.59. The fraction of sp³-hybridized carbons (Fsp3) is 0.182. The van der Waals surface area contributed by atoms with Gasteiger partial charge in [-0.25, -0.2) is 0 Å². The molecule has 13 heavy (non-hydrogen) atoms. The van der Waals surface area contributed by atoms with Crippen LogP contribution in [0.4, 0.5) is 0 Å². The second-order valence-electron chi connectivity index (χ2n) is 2.49. The first-order valence-electron chi connectivity index (χ1n) is 3.94. The number of benzene rings is 1. The van der Waals surface area contributed by atoms with Crippen molar-refractivity contribution in [2.75, 3.05) is 13.2 Å². The summed E-state index contributed by atoms with van der Waals surface area (Å²) in [6.45, 7) is 0.229. The summed E-state index contributed by atoms with van der Waals surface area (Å²) in [7, 11) is 0. The van der Waals surface area contributed by atoms with Crippen LogP contribution in [0.1, 0.15) is 10.4 Å². The minimum absolute atomic E-state index is 0.0455. The van der Waals surface area contributed by atoms with Crippen LogP contribution in [0.2, 0.25) is 0 Å². The summed E-state index contributed by atoms with van der Waals surface area (Å²) in [5, 5.41) is 0. The standard InChI is InChI=1S/C11H10O2/c1-2-8-13-9-11(12)10-6-4-3-5-7-10/h1,3-7H,8-9H2. The molecule has 0 radical (unpaired) electrons. The molecule has 66 valence electrons. The average molecular weight is 174 g/mol. The fourth-order valence-corrected chi connectivity index (χ4v) is 0.910. The van der Waals surface area contributed by atoms with Crippen molar-refractivity contribution in [3.05, 3.63) is 35.9 Å². The molecule has 1 aromatic carbocycles. The highest BCUT2D eigenvalue weighted by atomic mass is 16.5. The molecule has 0 atom stereocenters. The van der Waals surface area contributed by atoms with Gasteiger partial charge in [-0.2, -0.15) is 0 Å². The Morgan fingerprint density at radius 2 is 2.08 bits per heavy atom. The van der Waals surface area contributed by atoms with Crippen molar-refractivity contribution in [2.24, 2.45) is 0 Å². The van der Waals surface area contributed by atoms with E-state index in [1.54, 1.807) is 12.1 Å². The van der Waals surface area contributed by atoms with Crippen LogP contribution in [0.3, 0.4) is 0 Å². The van der Waals surface area contributed by atoms with E-state index >= 15 is 0 Å². The third kappa shape index (κ3) is 3.10. The maximum Gasteiger partial charge on any atom is 0.188 e. The van der Waals surface area contributed by atoms with Gasteiger partial charge in [-0.3, -0.25) is 4.79 Å². The minimum Gasteiger partial charge on any atom is -0.361 e. The number of rotatable bonds is 4. The van der Waals surface area contributed by atoms with E-state index in [-0.39, 0.29) is 19.0 Å². The van der Waals surface area contributed by atoms with Crippen LogP contribution in [-0.4, -0.2) is 19.0 Å². The van der Waals surface area contributed by atoms with Gasteiger partial charge in [0.1, 0.15) is 13.2 Å². The highest BCUT2D eigenvalue weighted by Gasteiger charge is 2.03. The Bertz CT molecular complexity index is 309. The van der Waals surface area contributed by atoms with E-state index in [2.05, 4.69) is 5.92 Å². The Labute approximate surface area is 77.5 Å². The number of terminal acetylenes is 1. The third-order valence-corrected chi connectivity index (χ3v) is 1.51. The predicted octanol–water partition coefficient (Wildman–Crippen LogP) is 1.52. The van der Waals surface area contributed by atoms with Gasteiger partial charge in [-0.05, 0) is 0 Å². The topological polar surface area (TPSA) is 26.3 Å². The molecular weight excluding hydrogens is 164 g/mol. The summed E-state index contributed by atoms with van der Waals surface area (Å²) in [5.74, 6) is 2.25. The number of hydrogen-bond donors (Lipinski definition) is 0. The molecule has 0 unspecified atom stereocenters. The highest BCUT2D eigenvalue weighted by Crippen LogP contribution is 1.99. The first-order valence-corrected chi connectivity index (χ1v) is 3.94. The average Bonchev–Trinajstić information content (AvgIpc) is 2.19. The van der Waals surface area contributed by atoms with E-state index in [0.717, 1.165) is 0 Å². The molecule has 0 fully saturated rings. The van der Waals surface area contributed by atoms with Gasteiger partial charge in [0.05, 0.1) is 0 Å². The van der Waals surface area contributed by atoms with Gasteiger partial charge in [0, 0.05) is 5.56 Å². The van der Waals surface area contributed by atoms with Crippen LogP contribution in [0.15, 0.2) is 30.3 Å².